The highest BCUT2D eigenvalue weighted by atomic mass is 79.9. The summed E-state index contributed by atoms with van der Waals surface area (Å²) in [4.78, 5) is 20.8. The molecule has 0 saturated carbocycles. The summed E-state index contributed by atoms with van der Waals surface area (Å²) in [6.07, 6.45) is 5.37. The molecule has 3 aromatic rings. The van der Waals surface area contributed by atoms with Gasteiger partial charge in [-0.3, -0.25) is 9.20 Å². The highest BCUT2D eigenvalue weighted by molar-refractivity contribution is 9.10. The predicted molar refractivity (Wildman–Crippen MR) is 81.9 cm³/mol. The van der Waals surface area contributed by atoms with Gasteiger partial charge in [-0.05, 0) is 28.1 Å². The number of pyridine rings is 1. The Morgan fingerprint density at radius 3 is 3.00 bits per heavy atom. The summed E-state index contributed by atoms with van der Waals surface area (Å²) in [7, 11) is 1.94. The Kier molecular flexibility index (Phi) is 3.62. The lowest BCUT2D eigenvalue weighted by Crippen LogP contribution is -2.15. The van der Waals surface area contributed by atoms with Crippen molar-refractivity contribution in [2.45, 2.75) is 10.9 Å². The summed E-state index contributed by atoms with van der Waals surface area (Å²) in [5, 5.41) is 0.905. The van der Waals surface area contributed by atoms with Crippen molar-refractivity contribution in [1.29, 1.82) is 0 Å². The first-order valence-corrected chi connectivity index (χ1v) is 7.69. The molecule has 0 amide bonds. The molecule has 0 aliphatic rings. The Balaban J connectivity index is 1.91. The SMILES string of the molecule is Cn1ccnc1SCc1cc(=O)n2cc(Br)ccc2n1. The molecule has 20 heavy (non-hydrogen) atoms. The number of thioether (sulfide) groups is 1. The van der Waals surface area contributed by atoms with E-state index in [-0.39, 0.29) is 5.56 Å². The van der Waals surface area contributed by atoms with Crippen LogP contribution < -0.4 is 5.56 Å². The second-order valence-corrected chi connectivity index (χ2v) is 6.13. The highest BCUT2D eigenvalue weighted by Crippen LogP contribution is 2.19. The lowest BCUT2D eigenvalue weighted by molar-refractivity contribution is 0.789. The van der Waals surface area contributed by atoms with Gasteiger partial charge in [0.2, 0.25) is 0 Å². The van der Waals surface area contributed by atoms with Gasteiger partial charge in [0.05, 0.1) is 5.69 Å². The van der Waals surface area contributed by atoms with Crippen molar-refractivity contribution < 1.29 is 0 Å². The third-order valence-corrected chi connectivity index (χ3v) is 4.36. The minimum atomic E-state index is -0.0771. The van der Waals surface area contributed by atoms with E-state index in [1.807, 2.05) is 29.9 Å². The number of hydrogen-bond acceptors (Lipinski definition) is 4. The number of aryl methyl sites for hydroxylation is 1. The van der Waals surface area contributed by atoms with Crippen molar-refractivity contribution in [2.75, 3.05) is 0 Å². The van der Waals surface area contributed by atoms with Gasteiger partial charge in [-0.2, -0.15) is 0 Å². The Bertz CT molecular complexity index is 827. The van der Waals surface area contributed by atoms with Crippen LogP contribution in [-0.2, 0) is 12.8 Å². The van der Waals surface area contributed by atoms with Crippen molar-refractivity contribution in [2.24, 2.45) is 7.05 Å². The van der Waals surface area contributed by atoms with E-state index in [0.29, 0.717) is 11.4 Å². The van der Waals surface area contributed by atoms with E-state index in [9.17, 15) is 4.79 Å². The van der Waals surface area contributed by atoms with Crippen LogP contribution in [-0.4, -0.2) is 18.9 Å². The number of nitrogens with zero attached hydrogens (tertiary/aromatic N) is 4. The molecule has 0 aromatic carbocycles. The zero-order valence-corrected chi connectivity index (χ0v) is 13.1. The molecular weight excluding hydrogens is 340 g/mol. The maximum atomic E-state index is 12.1. The topological polar surface area (TPSA) is 52.2 Å². The first-order valence-electron chi connectivity index (χ1n) is 5.91. The maximum absolute atomic E-state index is 12.1. The van der Waals surface area contributed by atoms with E-state index in [4.69, 9.17) is 0 Å². The summed E-state index contributed by atoms with van der Waals surface area (Å²) in [6.45, 7) is 0. The Morgan fingerprint density at radius 2 is 2.25 bits per heavy atom. The molecule has 0 unspecified atom stereocenters. The molecule has 0 aliphatic heterocycles. The third kappa shape index (κ3) is 2.64. The molecule has 3 heterocycles. The first-order chi connectivity index (χ1) is 9.63. The van der Waals surface area contributed by atoms with Crippen LogP contribution in [0.15, 0.2) is 51.2 Å². The summed E-state index contributed by atoms with van der Waals surface area (Å²) < 4.78 is 4.32. The van der Waals surface area contributed by atoms with Crippen LogP contribution in [0.3, 0.4) is 0 Å². The Morgan fingerprint density at radius 1 is 1.40 bits per heavy atom. The van der Waals surface area contributed by atoms with E-state index >= 15 is 0 Å². The van der Waals surface area contributed by atoms with Gasteiger partial charge >= 0.3 is 0 Å². The van der Waals surface area contributed by atoms with Gasteiger partial charge in [0.15, 0.2) is 5.16 Å². The quantitative estimate of drug-likeness (QED) is 0.681. The zero-order valence-electron chi connectivity index (χ0n) is 10.7. The fraction of sp³-hybridized carbons (Fsp3) is 0.154. The monoisotopic (exact) mass is 350 g/mol. The van der Waals surface area contributed by atoms with Crippen LogP contribution in [0.1, 0.15) is 5.69 Å². The highest BCUT2D eigenvalue weighted by Gasteiger charge is 2.05. The molecule has 7 heteroatoms. The van der Waals surface area contributed by atoms with Crippen molar-refractivity contribution in [3.8, 4) is 0 Å². The van der Waals surface area contributed by atoms with Gasteiger partial charge in [0.25, 0.3) is 5.56 Å². The Hall–Kier alpha value is -1.60. The van der Waals surface area contributed by atoms with Crippen LogP contribution in [0, 0.1) is 0 Å². The summed E-state index contributed by atoms with van der Waals surface area (Å²) in [6, 6.07) is 5.26. The molecule has 0 fully saturated rings. The van der Waals surface area contributed by atoms with Crippen LogP contribution in [0.25, 0.3) is 5.65 Å². The molecule has 5 nitrogen and oxygen atoms in total. The molecule has 3 rings (SSSR count). The van der Waals surface area contributed by atoms with E-state index in [1.165, 1.54) is 4.40 Å². The average molecular weight is 351 g/mol. The average Bonchev–Trinajstić information content (AvgIpc) is 2.83. The molecule has 102 valence electrons. The molecule has 0 aliphatic carbocycles. The number of fused-ring (bicyclic) bond motifs is 1. The smallest absolute Gasteiger partial charge is 0.258 e. The fourth-order valence-electron chi connectivity index (χ4n) is 1.83. The minimum Gasteiger partial charge on any atom is -0.329 e. The zero-order chi connectivity index (χ0) is 14.1. The molecule has 0 bridgehead atoms. The first kappa shape index (κ1) is 13.4. The van der Waals surface area contributed by atoms with Gasteiger partial charge < -0.3 is 4.57 Å². The van der Waals surface area contributed by atoms with Gasteiger partial charge in [0, 0.05) is 41.9 Å². The van der Waals surface area contributed by atoms with Crippen molar-refractivity contribution in [1.82, 2.24) is 18.9 Å². The van der Waals surface area contributed by atoms with E-state index < -0.39 is 0 Å². The minimum absolute atomic E-state index is 0.0771. The van der Waals surface area contributed by atoms with Gasteiger partial charge in [-0.1, -0.05) is 11.8 Å². The lowest BCUT2D eigenvalue weighted by atomic mass is 10.4. The largest absolute Gasteiger partial charge is 0.329 e. The fourth-order valence-corrected chi connectivity index (χ4v) is 2.99. The molecule has 0 saturated heterocycles. The normalized spacial score (nSPS) is 11.1. The van der Waals surface area contributed by atoms with Crippen molar-refractivity contribution in [3.05, 3.63) is 57.3 Å². The molecule has 0 radical (unpaired) electrons. The van der Waals surface area contributed by atoms with E-state index in [1.54, 1.807) is 30.2 Å². The van der Waals surface area contributed by atoms with Gasteiger partial charge in [-0.25, -0.2) is 9.97 Å². The van der Waals surface area contributed by atoms with E-state index in [0.717, 1.165) is 15.3 Å². The predicted octanol–water partition coefficient (Wildman–Crippen LogP) is 2.48. The van der Waals surface area contributed by atoms with Crippen LogP contribution >= 0.6 is 27.7 Å². The number of hydrogen-bond donors (Lipinski definition) is 0. The number of aromatic nitrogens is 4. The summed E-state index contributed by atoms with van der Waals surface area (Å²) in [5.41, 5.74) is 1.33. The van der Waals surface area contributed by atoms with Crippen LogP contribution in [0.5, 0.6) is 0 Å². The van der Waals surface area contributed by atoms with Gasteiger partial charge in [0.1, 0.15) is 5.65 Å². The van der Waals surface area contributed by atoms with Crippen LogP contribution in [0.2, 0.25) is 0 Å². The second kappa shape index (κ2) is 5.41. The van der Waals surface area contributed by atoms with Crippen molar-refractivity contribution in [3.63, 3.8) is 0 Å². The molecular formula is C13H11BrN4OS. The number of halogens is 1. The van der Waals surface area contributed by atoms with E-state index in [2.05, 4.69) is 25.9 Å². The molecule has 0 N–H and O–H groups in total. The molecule has 0 atom stereocenters. The second-order valence-electron chi connectivity index (χ2n) is 4.27. The van der Waals surface area contributed by atoms with Crippen LogP contribution in [0.4, 0.5) is 0 Å². The number of rotatable bonds is 3. The summed E-state index contributed by atoms with van der Waals surface area (Å²) in [5.74, 6) is 0.618. The maximum Gasteiger partial charge on any atom is 0.258 e. The molecule has 0 spiro atoms. The Labute approximate surface area is 127 Å². The standard InChI is InChI=1S/C13H11BrN4OS/c1-17-5-4-15-13(17)20-8-10-6-12(19)18-7-9(14)2-3-11(18)16-10/h2-7H,8H2,1H3. The number of imidazole rings is 1. The van der Waals surface area contributed by atoms with Crippen molar-refractivity contribution >= 4 is 33.3 Å². The van der Waals surface area contributed by atoms with Gasteiger partial charge in [-0.15, -0.1) is 0 Å². The molecule has 3 aromatic heterocycles. The third-order valence-electron chi connectivity index (χ3n) is 2.80. The lowest BCUT2D eigenvalue weighted by Gasteiger charge is -2.04. The summed E-state index contributed by atoms with van der Waals surface area (Å²) >= 11 is 4.91.